The first-order valence-corrected chi connectivity index (χ1v) is 7.07. The van der Waals surface area contributed by atoms with Crippen LogP contribution >= 0.6 is 0 Å². The van der Waals surface area contributed by atoms with E-state index < -0.39 is 0 Å². The Morgan fingerprint density at radius 1 is 1.32 bits per heavy atom. The van der Waals surface area contributed by atoms with Crippen LogP contribution in [-0.4, -0.2) is 34.2 Å². The maximum atomic E-state index is 5.62. The molecule has 1 aromatic rings. The lowest BCUT2D eigenvalue weighted by Gasteiger charge is -2.17. The summed E-state index contributed by atoms with van der Waals surface area (Å²) in [6.07, 6.45) is 3.05. The molecule has 0 saturated carbocycles. The maximum absolute atomic E-state index is 5.62. The van der Waals surface area contributed by atoms with Gasteiger partial charge in [0.1, 0.15) is 0 Å². The van der Waals surface area contributed by atoms with E-state index in [0.29, 0.717) is 18.1 Å². The van der Waals surface area contributed by atoms with Crippen molar-refractivity contribution in [1.29, 1.82) is 0 Å². The van der Waals surface area contributed by atoms with E-state index in [1.54, 1.807) is 0 Å². The van der Waals surface area contributed by atoms with Gasteiger partial charge in [-0.05, 0) is 11.8 Å². The lowest BCUT2D eigenvalue weighted by atomic mass is 9.93. The molecule has 0 saturated heterocycles. The van der Waals surface area contributed by atoms with Crippen molar-refractivity contribution in [3.8, 4) is 0 Å². The summed E-state index contributed by atoms with van der Waals surface area (Å²) in [5.74, 6) is 0. The zero-order valence-corrected chi connectivity index (χ0v) is 12.9. The molecule has 0 unspecified atom stereocenters. The number of hydrogen-bond donors (Lipinski definition) is 1. The van der Waals surface area contributed by atoms with Gasteiger partial charge < -0.3 is 10.1 Å². The lowest BCUT2D eigenvalue weighted by Crippen LogP contribution is -2.21. The molecule has 1 rings (SSSR count). The van der Waals surface area contributed by atoms with Crippen LogP contribution in [0, 0.1) is 5.41 Å². The normalized spacial score (nSPS) is 12.3. The van der Waals surface area contributed by atoms with Crippen molar-refractivity contribution in [2.24, 2.45) is 5.41 Å². The van der Waals surface area contributed by atoms with E-state index in [1.165, 1.54) is 0 Å². The van der Waals surface area contributed by atoms with Crippen molar-refractivity contribution in [3.63, 3.8) is 0 Å². The first kappa shape index (κ1) is 16.1. The fourth-order valence-electron chi connectivity index (χ4n) is 1.48. The summed E-state index contributed by atoms with van der Waals surface area (Å²) in [5, 5.41) is 11.5. The molecule has 0 aliphatic heterocycles. The Labute approximate surface area is 116 Å². The topological polar surface area (TPSA) is 52.0 Å². The van der Waals surface area contributed by atoms with Crippen LogP contribution in [0.4, 0.5) is 0 Å². The van der Waals surface area contributed by atoms with E-state index in [1.807, 2.05) is 10.9 Å². The number of aromatic nitrogens is 3. The summed E-state index contributed by atoms with van der Waals surface area (Å²) in [5.41, 5.74) is 1.31. The highest BCUT2D eigenvalue weighted by Crippen LogP contribution is 2.17. The van der Waals surface area contributed by atoms with E-state index >= 15 is 0 Å². The molecule has 0 aliphatic rings. The first-order valence-electron chi connectivity index (χ1n) is 7.07. The largest absolute Gasteiger partial charge is 0.380 e. The fourth-order valence-corrected chi connectivity index (χ4v) is 1.48. The summed E-state index contributed by atoms with van der Waals surface area (Å²) < 4.78 is 7.46. The van der Waals surface area contributed by atoms with Crippen molar-refractivity contribution in [2.45, 2.75) is 60.2 Å². The monoisotopic (exact) mass is 268 g/mol. The molecule has 1 heterocycles. The van der Waals surface area contributed by atoms with Gasteiger partial charge in [-0.3, -0.25) is 0 Å². The Morgan fingerprint density at radius 2 is 2.05 bits per heavy atom. The summed E-state index contributed by atoms with van der Waals surface area (Å²) in [6, 6.07) is 0.464. The van der Waals surface area contributed by atoms with Crippen molar-refractivity contribution in [3.05, 3.63) is 11.9 Å². The van der Waals surface area contributed by atoms with Gasteiger partial charge in [-0.1, -0.05) is 39.8 Å². The van der Waals surface area contributed by atoms with Gasteiger partial charge in [-0.15, -0.1) is 5.10 Å². The maximum Gasteiger partial charge on any atom is 0.0964 e. The van der Waals surface area contributed by atoms with Gasteiger partial charge in [0.05, 0.1) is 18.8 Å². The molecule has 0 atom stereocenters. The number of ether oxygens (including phenoxy) is 1. The number of nitrogens with zero attached hydrogens (tertiary/aromatic N) is 3. The molecular weight excluding hydrogens is 240 g/mol. The quantitative estimate of drug-likeness (QED) is 0.735. The van der Waals surface area contributed by atoms with E-state index in [0.717, 1.165) is 31.8 Å². The number of hydrogen-bond acceptors (Lipinski definition) is 4. The smallest absolute Gasteiger partial charge is 0.0964 e. The molecule has 0 radical (unpaired) electrons. The highest BCUT2D eigenvalue weighted by Gasteiger charge is 2.09. The third-order valence-electron chi connectivity index (χ3n) is 2.74. The zero-order chi connectivity index (χ0) is 14.3. The van der Waals surface area contributed by atoms with Gasteiger partial charge in [0.25, 0.3) is 0 Å². The molecule has 1 N–H and O–H groups in total. The van der Waals surface area contributed by atoms with Crippen LogP contribution in [0.15, 0.2) is 6.20 Å². The molecule has 0 spiro atoms. The summed E-state index contributed by atoms with van der Waals surface area (Å²) in [4.78, 5) is 0. The molecule has 0 fully saturated rings. The van der Waals surface area contributed by atoms with Crippen LogP contribution in [0.3, 0.4) is 0 Å². The predicted molar refractivity (Wildman–Crippen MR) is 76.9 cm³/mol. The van der Waals surface area contributed by atoms with Gasteiger partial charge in [-0.25, -0.2) is 4.68 Å². The summed E-state index contributed by atoms with van der Waals surface area (Å²) >= 11 is 0. The van der Waals surface area contributed by atoms with E-state index in [2.05, 4.69) is 50.2 Å². The molecule has 19 heavy (non-hydrogen) atoms. The summed E-state index contributed by atoms with van der Waals surface area (Å²) in [6.45, 7) is 13.9. The third kappa shape index (κ3) is 7.95. The molecule has 0 aliphatic carbocycles. The highest BCUT2D eigenvalue weighted by atomic mass is 16.5. The van der Waals surface area contributed by atoms with Crippen LogP contribution in [0.5, 0.6) is 0 Å². The van der Waals surface area contributed by atoms with E-state index in [-0.39, 0.29) is 0 Å². The zero-order valence-electron chi connectivity index (χ0n) is 12.9. The second-order valence-electron chi connectivity index (χ2n) is 6.43. The fraction of sp³-hybridized carbons (Fsp3) is 0.857. The molecule has 1 aromatic heterocycles. The average Bonchev–Trinajstić information content (AvgIpc) is 2.72. The van der Waals surface area contributed by atoms with Gasteiger partial charge in [0, 0.05) is 25.4 Å². The van der Waals surface area contributed by atoms with Gasteiger partial charge in [0.2, 0.25) is 0 Å². The van der Waals surface area contributed by atoms with Crippen LogP contribution in [0.2, 0.25) is 0 Å². The van der Waals surface area contributed by atoms with Crippen molar-refractivity contribution in [1.82, 2.24) is 20.3 Å². The Morgan fingerprint density at radius 3 is 2.68 bits per heavy atom. The Hall–Kier alpha value is -0.940. The molecule has 0 amide bonds. The predicted octanol–water partition coefficient (Wildman–Crippen LogP) is 2.23. The third-order valence-corrected chi connectivity index (χ3v) is 2.74. The second kappa shape index (κ2) is 7.60. The number of rotatable bonds is 8. The van der Waals surface area contributed by atoms with Crippen molar-refractivity contribution in [2.75, 3.05) is 13.2 Å². The Balaban J connectivity index is 2.16. The van der Waals surface area contributed by atoms with Crippen LogP contribution in [0.1, 0.15) is 46.7 Å². The van der Waals surface area contributed by atoms with E-state index in [4.69, 9.17) is 4.74 Å². The van der Waals surface area contributed by atoms with Gasteiger partial charge >= 0.3 is 0 Å². The van der Waals surface area contributed by atoms with Crippen LogP contribution in [-0.2, 0) is 17.8 Å². The average molecular weight is 268 g/mol. The number of nitrogens with one attached hydrogen (secondary N) is 1. The van der Waals surface area contributed by atoms with Crippen molar-refractivity contribution < 1.29 is 4.74 Å². The first-order chi connectivity index (χ1) is 8.87. The van der Waals surface area contributed by atoms with E-state index in [9.17, 15) is 0 Å². The van der Waals surface area contributed by atoms with Crippen LogP contribution in [0.25, 0.3) is 0 Å². The molecular formula is C14H28N4O. The summed E-state index contributed by atoms with van der Waals surface area (Å²) in [7, 11) is 0. The molecule has 110 valence electrons. The van der Waals surface area contributed by atoms with Gasteiger partial charge in [0.15, 0.2) is 0 Å². The SMILES string of the molecule is CC(C)NCc1cn(CCOCCC(C)(C)C)nn1. The van der Waals surface area contributed by atoms with Gasteiger partial charge in [-0.2, -0.15) is 0 Å². The minimum Gasteiger partial charge on any atom is -0.380 e. The minimum atomic E-state index is 0.336. The second-order valence-corrected chi connectivity index (χ2v) is 6.43. The highest BCUT2D eigenvalue weighted by molar-refractivity contribution is 4.91. The van der Waals surface area contributed by atoms with Crippen molar-refractivity contribution >= 4 is 0 Å². The van der Waals surface area contributed by atoms with Crippen LogP contribution < -0.4 is 5.32 Å². The standard InChI is InChI=1S/C14H28N4O/c1-12(2)15-10-13-11-18(17-16-13)7-9-19-8-6-14(3,4)5/h11-12,15H,6-10H2,1-5H3. The Kier molecular flexibility index (Phi) is 6.45. The minimum absolute atomic E-state index is 0.336. The molecule has 5 nitrogen and oxygen atoms in total. The lowest BCUT2D eigenvalue weighted by molar-refractivity contribution is 0.0996. The Bertz CT molecular complexity index is 355. The molecule has 0 aromatic carbocycles. The molecule has 5 heteroatoms. The molecule has 0 bridgehead atoms.